The third-order valence-electron chi connectivity index (χ3n) is 5.73. The first-order valence-electron chi connectivity index (χ1n) is 11.0. The van der Waals surface area contributed by atoms with Crippen molar-refractivity contribution >= 4 is 39.0 Å². The molecule has 5 rings (SSSR count). The number of pyridine rings is 1. The summed E-state index contributed by atoms with van der Waals surface area (Å²) in [6, 6.07) is 25.5. The number of hydrogen-bond acceptors (Lipinski definition) is 5. The molecule has 3 aromatic carbocycles. The van der Waals surface area contributed by atoms with Gasteiger partial charge in [-0.1, -0.05) is 42.5 Å². The highest BCUT2D eigenvalue weighted by Crippen LogP contribution is 2.38. The summed E-state index contributed by atoms with van der Waals surface area (Å²) in [4.78, 5) is 30.9. The van der Waals surface area contributed by atoms with Crippen molar-refractivity contribution in [3.63, 3.8) is 0 Å². The Balaban J connectivity index is 1.74. The molecule has 0 fully saturated rings. The van der Waals surface area contributed by atoms with Crippen LogP contribution in [0.25, 0.3) is 16.9 Å². The van der Waals surface area contributed by atoms with Gasteiger partial charge < -0.3 is 5.11 Å². The fourth-order valence-corrected chi connectivity index (χ4v) is 4.35. The number of rotatable bonds is 6. The minimum atomic E-state index is -0.506. The molecule has 8 nitrogen and oxygen atoms in total. The lowest BCUT2D eigenvalue weighted by Gasteiger charge is -2.24. The number of amides is 1. The van der Waals surface area contributed by atoms with E-state index in [1.807, 2.05) is 48.7 Å². The number of carbonyl (C=O) groups excluding carboxylic acids is 1. The minimum absolute atomic E-state index is 0.0312. The van der Waals surface area contributed by atoms with Crippen LogP contribution in [0.3, 0.4) is 0 Å². The molecule has 0 aliphatic rings. The lowest BCUT2D eigenvalue weighted by atomic mass is 10.1. The van der Waals surface area contributed by atoms with E-state index < -0.39 is 4.92 Å². The van der Waals surface area contributed by atoms with Gasteiger partial charge in [0, 0.05) is 33.9 Å². The zero-order valence-corrected chi connectivity index (χ0v) is 20.4. The second-order valence-corrected chi connectivity index (χ2v) is 8.97. The molecule has 178 valence electrons. The number of phenols is 1. The number of aromatic nitrogens is 2. The Morgan fingerprint density at radius 3 is 2.36 bits per heavy atom. The van der Waals surface area contributed by atoms with Gasteiger partial charge in [-0.05, 0) is 57.9 Å². The molecule has 0 aliphatic heterocycles. The van der Waals surface area contributed by atoms with Crippen LogP contribution in [-0.2, 0) is 6.54 Å². The summed E-state index contributed by atoms with van der Waals surface area (Å²) >= 11 is 3.50. The van der Waals surface area contributed by atoms with Gasteiger partial charge in [-0.3, -0.25) is 24.2 Å². The van der Waals surface area contributed by atoms with Crippen molar-refractivity contribution in [3.05, 3.63) is 123 Å². The number of fused-ring (bicyclic) bond motifs is 1. The Morgan fingerprint density at radius 1 is 0.972 bits per heavy atom. The molecule has 0 atom stereocenters. The van der Waals surface area contributed by atoms with E-state index in [4.69, 9.17) is 4.98 Å². The maximum absolute atomic E-state index is 14.0. The van der Waals surface area contributed by atoms with Crippen LogP contribution in [0.4, 0.5) is 11.5 Å². The lowest BCUT2D eigenvalue weighted by Crippen LogP contribution is -2.32. The Labute approximate surface area is 214 Å². The highest BCUT2D eigenvalue weighted by atomic mass is 79.9. The lowest BCUT2D eigenvalue weighted by molar-refractivity contribution is -0.384. The predicted molar refractivity (Wildman–Crippen MR) is 140 cm³/mol. The number of aromatic hydroxyl groups is 1. The van der Waals surface area contributed by atoms with Gasteiger partial charge in [0.2, 0.25) is 0 Å². The van der Waals surface area contributed by atoms with Crippen LogP contribution in [0.15, 0.2) is 102 Å². The molecule has 0 unspecified atom stereocenters. The fraction of sp³-hybridized carbons (Fsp3) is 0.0370. The number of anilines is 1. The molecule has 0 spiro atoms. The van der Waals surface area contributed by atoms with Crippen LogP contribution in [0.2, 0.25) is 0 Å². The molecule has 2 aromatic heterocycles. The Bertz CT molecular complexity index is 1580. The van der Waals surface area contributed by atoms with E-state index in [0.29, 0.717) is 22.7 Å². The zero-order chi connectivity index (χ0) is 25.2. The highest BCUT2D eigenvalue weighted by molar-refractivity contribution is 9.10. The molecule has 0 aliphatic carbocycles. The number of phenolic OH excluding ortho intramolecular Hbond substituents is 1. The molecule has 9 heteroatoms. The molecule has 5 aromatic rings. The summed E-state index contributed by atoms with van der Waals surface area (Å²) in [7, 11) is 0. The van der Waals surface area contributed by atoms with Crippen molar-refractivity contribution in [3.8, 4) is 17.0 Å². The number of non-ortho nitro benzene ring substituents is 1. The summed E-state index contributed by atoms with van der Waals surface area (Å²) in [6.07, 6.45) is 1.81. The molecule has 1 N–H and O–H groups in total. The van der Waals surface area contributed by atoms with Gasteiger partial charge in [0.25, 0.3) is 11.6 Å². The quantitative estimate of drug-likeness (QED) is 0.202. The molecule has 36 heavy (non-hydrogen) atoms. The zero-order valence-electron chi connectivity index (χ0n) is 18.8. The number of nitro groups is 1. The van der Waals surface area contributed by atoms with Crippen LogP contribution in [-0.4, -0.2) is 25.3 Å². The average molecular weight is 543 g/mol. The average Bonchev–Trinajstić information content (AvgIpc) is 3.26. The van der Waals surface area contributed by atoms with E-state index in [1.165, 1.54) is 24.3 Å². The molecule has 0 saturated heterocycles. The van der Waals surface area contributed by atoms with Crippen molar-refractivity contribution < 1.29 is 14.8 Å². The summed E-state index contributed by atoms with van der Waals surface area (Å²) in [5.74, 6) is 0.121. The van der Waals surface area contributed by atoms with E-state index in [1.54, 1.807) is 33.6 Å². The summed E-state index contributed by atoms with van der Waals surface area (Å²) in [6.45, 7) is 0.206. The summed E-state index contributed by atoms with van der Waals surface area (Å²) in [5.41, 5.74) is 2.54. The first kappa shape index (κ1) is 23.3. The van der Waals surface area contributed by atoms with Crippen molar-refractivity contribution in [1.82, 2.24) is 9.38 Å². The third kappa shape index (κ3) is 4.44. The number of benzene rings is 3. The Morgan fingerprint density at radius 2 is 1.67 bits per heavy atom. The number of carbonyl (C=O) groups is 1. The fourth-order valence-electron chi connectivity index (χ4n) is 4.01. The van der Waals surface area contributed by atoms with Crippen molar-refractivity contribution in [2.24, 2.45) is 0 Å². The Hall–Kier alpha value is -4.50. The predicted octanol–water partition coefficient (Wildman–Crippen LogP) is 6.22. The maximum atomic E-state index is 14.0. The molecule has 1 amide bonds. The van der Waals surface area contributed by atoms with Gasteiger partial charge in [0.1, 0.15) is 22.9 Å². The molecular formula is C27H19BrN4O4. The molecule has 2 heterocycles. The van der Waals surface area contributed by atoms with Gasteiger partial charge in [-0.25, -0.2) is 4.98 Å². The van der Waals surface area contributed by atoms with E-state index in [0.717, 1.165) is 10.0 Å². The van der Waals surface area contributed by atoms with Gasteiger partial charge in [-0.2, -0.15) is 0 Å². The second-order valence-electron chi connectivity index (χ2n) is 8.06. The van der Waals surface area contributed by atoms with E-state index >= 15 is 0 Å². The van der Waals surface area contributed by atoms with Crippen LogP contribution >= 0.6 is 15.9 Å². The van der Waals surface area contributed by atoms with Gasteiger partial charge in [0.15, 0.2) is 0 Å². The van der Waals surface area contributed by atoms with E-state index in [2.05, 4.69) is 15.9 Å². The first-order valence-corrected chi connectivity index (χ1v) is 11.8. The van der Waals surface area contributed by atoms with E-state index in [9.17, 15) is 20.0 Å². The number of para-hydroxylation sites is 1. The topological polar surface area (TPSA) is 101 Å². The van der Waals surface area contributed by atoms with Crippen molar-refractivity contribution in [2.45, 2.75) is 6.54 Å². The number of nitro benzene ring substituents is 1. The largest absolute Gasteiger partial charge is 0.507 e. The van der Waals surface area contributed by atoms with Gasteiger partial charge in [0.05, 0.1) is 11.5 Å². The second kappa shape index (κ2) is 9.63. The number of nitrogens with zero attached hydrogens (tertiary/aromatic N) is 4. The smallest absolute Gasteiger partial charge is 0.269 e. The SMILES string of the molecule is O=C(c1ccc([N+](=O)[O-])cc1)N(Cc1ccccc1)c1c(-c2ccccc2O)nc2ccc(Br)cn12. The molecule has 0 saturated carbocycles. The van der Waals surface area contributed by atoms with Crippen molar-refractivity contribution in [1.29, 1.82) is 0 Å². The minimum Gasteiger partial charge on any atom is -0.507 e. The molecule has 0 radical (unpaired) electrons. The highest BCUT2D eigenvalue weighted by Gasteiger charge is 2.28. The summed E-state index contributed by atoms with van der Waals surface area (Å²) in [5, 5.41) is 21.8. The standard InChI is InChI=1S/C27H19BrN4O4/c28-20-12-15-24-29-25(22-8-4-5-9-23(22)33)26(30(24)17-20)31(16-18-6-2-1-3-7-18)27(34)19-10-13-21(14-11-19)32(35)36/h1-15,17,33H,16H2. The first-order chi connectivity index (χ1) is 17.4. The monoisotopic (exact) mass is 542 g/mol. The molecule has 0 bridgehead atoms. The van der Waals surface area contributed by atoms with Crippen molar-refractivity contribution in [2.75, 3.05) is 4.90 Å². The number of halogens is 1. The Kier molecular flexibility index (Phi) is 6.22. The summed E-state index contributed by atoms with van der Waals surface area (Å²) < 4.78 is 2.57. The van der Waals surface area contributed by atoms with Crippen LogP contribution in [0.5, 0.6) is 5.75 Å². The normalized spacial score (nSPS) is 10.9. The third-order valence-corrected chi connectivity index (χ3v) is 6.19. The number of hydrogen-bond donors (Lipinski definition) is 1. The van der Waals surface area contributed by atoms with Gasteiger partial charge >= 0.3 is 0 Å². The van der Waals surface area contributed by atoms with Crippen LogP contribution in [0, 0.1) is 10.1 Å². The molecular weight excluding hydrogens is 524 g/mol. The maximum Gasteiger partial charge on any atom is 0.269 e. The van der Waals surface area contributed by atoms with E-state index in [-0.39, 0.29) is 29.5 Å². The van der Waals surface area contributed by atoms with Crippen LogP contribution in [0.1, 0.15) is 15.9 Å². The van der Waals surface area contributed by atoms with Crippen LogP contribution < -0.4 is 4.90 Å². The van der Waals surface area contributed by atoms with Gasteiger partial charge in [-0.15, -0.1) is 0 Å². The number of imidazole rings is 1.